The minimum Gasteiger partial charge on any atom is 1.00 e. The first-order valence-electron chi connectivity index (χ1n) is 2.00. The molecule has 0 aliphatic carbocycles. The van der Waals surface area contributed by atoms with Gasteiger partial charge in [0.15, 0.2) is 0 Å². The van der Waals surface area contributed by atoms with Gasteiger partial charge in [-0.2, -0.15) is 0 Å². The molecule has 0 amide bonds. The van der Waals surface area contributed by atoms with Crippen molar-refractivity contribution in [3.8, 4) is 0 Å². The molecule has 0 bridgehead atoms. The largest absolute Gasteiger partial charge is 1.00 e. The number of carbonyl (C=O) groups is 1. The van der Waals surface area contributed by atoms with E-state index in [9.17, 15) is 9.90 Å². The maximum atomic E-state index is 10.1. The van der Waals surface area contributed by atoms with Gasteiger partial charge in [-0.25, -0.2) is 0 Å². The SMILES string of the molecule is O=C([O-])C1C=C[Te][Te]1.[K+]. The number of rotatable bonds is 1. The number of aliphatic carboxylic acids is 1. The van der Waals surface area contributed by atoms with Gasteiger partial charge in [0.2, 0.25) is 0 Å². The fourth-order valence-corrected chi connectivity index (χ4v) is 10.6. The topological polar surface area (TPSA) is 40.1 Å². The van der Waals surface area contributed by atoms with E-state index in [1.807, 2.05) is 0 Å². The first kappa shape index (κ1) is 11.4. The number of hydrogen-bond donors (Lipinski definition) is 0. The van der Waals surface area contributed by atoms with Crippen molar-refractivity contribution in [2.45, 2.75) is 3.97 Å². The molecule has 44 valence electrons. The van der Waals surface area contributed by atoms with Crippen molar-refractivity contribution in [3.05, 3.63) is 10.2 Å². The molecule has 0 aromatic rings. The quantitative estimate of drug-likeness (QED) is 0.432. The fraction of sp³-hybridized carbons (Fsp3) is 0.250. The van der Waals surface area contributed by atoms with Crippen LogP contribution in [0.15, 0.2) is 10.2 Å². The van der Waals surface area contributed by atoms with Gasteiger partial charge in [-0.05, 0) is 0 Å². The second kappa shape index (κ2) is 6.00. The van der Waals surface area contributed by atoms with E-state index in [4.69, 9.17) is 0 Å². The van der Waals surface area contributed by atoms with E-state index in [-0.39, 0.29) is 89.5 Å². The molecule has 0 saturated carbocycles. The van der Waals surface area contributed by atoms with Crippen LogP contribution in [0.5, 0.6) is 0 Å². The molecule has 0 spiro atoms. The summed E-state index contributed by atoms with van der Waals surface area (Å²) in [6.45, 7) is 0. The third kappa shape index (κ3) is 4.11. The molecule has 1 aliphatic rings. The molecule has 0 aromatic heterocycles. The van der Waals surface area contributed by atoms with Gasteiger partial charge in [0.1, 0.15) is 0 Å². The molecular formula is C4H3KO2Te2. The van der Waals surface area contributed by atoms with Gasteiger partial charge in [0.05, 0.1) is 0 Å². The summed E-state index contributed by atoms with van der Waals surface area (Å²) in [4.78, 5) is 10.1. The maximum absolute atomic E-state index is 10.1. The molecule has 0 fully saturated rings. The summed E-state index contributed by atoms with van der Waals surface area (Å²) < 4.78 is 1.94. The van der Waals surface area contributed by atoms with Gasteiger partial charge < -0.3 is 0 Å². The zero-order valence-electron chi connectivity index (χ0n) is 4.87. The monoisotopic (exact) mass is 382 g/mol. The normalized spacial score (nSPS) is 23.3. The van der Waals surface area contributed by atoms with E-state index in [1.165, 1.54) is 0 Å². The average molecular weight is 377 g/mol. The molecule has 1 unspecified atom stereocenters. The molecule has 1 atom stereocenters. The van der Waals surface area contributed by atoms with Crippen LogP contribution in [0.2, 0.25) is 3.97 Å². The molecule has 2 nitrogen and oxygen atoms in total. The molecule has 1 rings (SSSR count). The first-order valence-corrected chi connectivity index (χ1v) is 12.0. The van der Waals surface area contributed by atoms with Gasteiger partial charge in [0, 0.05) is 0 Å². The van der Waals surface area contributed by atoms with Gasteiger partial charge in [-0.15, -0.1) is 0 Å². The van der Waals surface area contributed by atoms with Crippen molar-refractivity contribution < 1.29 is 61.3 Å². The van der Waals surface area contributed by atoms with Gasteiger partial charge in [0.25, 0.3) is 0 Å². The van der Waals surface area contributed by atoms with Crippen LogP contribution in [-0.4, -0.2) is 40.1 Å². The Kier molecular flexibility index (Phi) is 7.62. The minimum atomic E-state index is -0.855. The van der Waals surface area contributed by atoms with Crippen LogP contribution in [-0.2, 0) is 4.79 Å². The van der Waals surface area contributed by atoms with Gasteiger partial charge in [-0.1, -0.05) is 0 Å². The van der Waals surface area contributed by atoms with Crippen molar-refractivity contribution in [1.82, 2.24) is 0 Å². The molecule has 5 heteroatoms. The van der Waals surface area contributed by atoms with E-state index in [1.54, 1.807) is 6.08 Å². The Bertz CT molecular complexity index is 137. The molecular weight excluding hydrogens is 374 g/mol. The van der Waals surface area contributed by atoms with E-state index in [0.717, 1.165) is 0 Å². The van der Waals surface area contributed by atoms with Crippen molar-refractivity contribution >= 4 is 40.1 Å². The van der Waals surface area contributed by atoms with Gasteiger partial charge >= 0.3 is 116 Å². The average Bonchev–Trinajstić information content (AvgIpc) is 2.12. The smallest absolute Gasteiger partial charge is 1.00 e. The third-order valence-electron chi connectivity index (χ3n) is 0.700. The maximum Gasteiger partial charge on any atom is 1.00 e. The predicted molar refractivity (Wildman–Crippen MR) is 29.4 cm³/mol. The van der Waals surface area contributed by atoms with E-state index in [0.29, 0.717) is 0 Å². The first-order chi connectivity index (χ1) is 3.80. The summed E-state index contributed by atoms with van der Waals surface area (Å²) in [5.74, 6) is -0.855. The molecule has 9 heavy (non-hydrogen) atoms. The summed E-state index contributed by atoms with van der Waals surface area (Å²) in [7, 11) is 0. The standard InChI is InChI=1S/C4H4O2Te2.K/c5-4(6)3-1-2-7-8-3;/h1-3H,(H,5,6);/q;+1/p-1. The summed E-state index contributed by atoms with van der Waals surface area (Å²) in [6.07, 6.45) is 1.81. The van der Waals surface area contributed by atoms with Crippen molar-refractivity contribution in [2.24, 2.45) is 0 Å². The molecule has 0 radical (unpaired) electrons. The van der Waals surface area contributed by atoms with E-state index in [2.05, 4.69) is 4.12 Å². The molecule has 0 N–H and O–H groups in total. The number of hydrogen-bond acceptors (Lipinski definition) is 2. The Labute approximate surface area is 113 Å². The van der Waals surface area contributed by atoms with Crippen molar-refractivity contribution in [3.63, 3.8) is 0 Å². The summed E-state index contributed by atoms with van der Waals surface area (Å²) in [5.41, 5.74) is 0. The Morgan fingerprint density at radius 2 is 2.33 bits per heavy atom. The van der Waals surface area contributed by atoms with Crippen LogP contribution < -0.4 is 56.5 Å². The number of carboxylic acid groups (broad SMARTS) is 1. The summed E-state index contributed by atoms with van der Waals surface area (Å²) in [6, 6.07) is 0. The van der Waals surface area contributed by atoms with E-state index >= 15 is 0 Å². The van der Waals surface area contributed by atoms with Crippen molar-refractivity contribution in [1.29, 1.82) is 0 Å². The summed E-state index contributed by atoms with van der Waals surface area (Å²) >= 11 is -0.116. The van der Waals surface area contributed by atoms with Crippen LogP contribution >= 0.6 is 0 Å². The van der Waals surface area contributed by atoms with Gasteiger partial charge in [-0.3, -0.25) is 0 Å². The molecule has 1 heterocycles. The van der Waals surface area contributed by atoms with Crippen LogP contribution in [0.3, 0.4) is 0 Å². The zero-order chi connectivity index (χ0) is 5.98. The Morgan fingerprint density at radius 3 is 2.56 bits per heavy atom. The zero-order valence-corrected chi connectivity index (χ0v) is 12.6. The second-order valence-electron chi connectivity index (χ2n) is 1.26. The molecule has 0 aromatic carbocycles. The fourth-order valence-electron chi connectivity index (χ4n) is 0.345. The number of carboxylic acids is 1. The predicted octanol–water partition coefficient (Wildman–Crippen LogP) is -4.62. The molecule has 1 aliphatic heterocycles. The van der Waals surface area contributed by atoms with Crippen LogP contribution in [0.4, 0.5) is 0 Å². The Morgan fingerprint density at radius 1 is 1.67 bits per heavy atom. The number of carbonyl (C=O) groups excluding carboxylic acids is 1. The third-order valence-corrected chi connectivity index (χ3v) is 11.6. The second-order valence-corrected chi connectivity index (χ2v) is 12.0. The molecule has 0 saturated heterocycles. The minimum absolute atomic E-state index is 0. The Hall–Kier alpha value is 2.43. The van der Waals surface area contributed by atoms with Crippen LogP contribution in [0, 0.1) is 0 Å². The van der Waals surface area contributed by atoms with Crippen LogP contribution in [0.25, 0.3) is 0 Å². The van der Waals surface area contributed by atoms with Crippen molar-refractivity contribution in [2.75, 3.05) is 0 Å². The Balaban J connectivity index is 0.000000640. The summed E-state index contributed by atoms with van der Waals surface area (Å²) in [5, 5.41) is 10.1. The van der Waals surface area contributed by atoms with Crippen LogP contribution in [0.1, 0.15) is 0 Å². The van der Waals surface area contributed by atoms with E-state index < -0.39 is 5.97 Å².